The number of aryl methyl sites for hydroxylation is 2. The van der Waals surface area contributed by atoms with E-state index in [4.69, 9.17) is 0 Å². The average Bonchev–Trinajstić information content (AvgIpc) is 3.08. The molecule has 2 heterocycles. The zero-order valence-electron chi connectivity index (χ0n) is 14.3. The van der Waals surface area contributed by atoms with E-state index in [9.17, 15) is 23.3 Å². The van der Waals surface area contributed by atoms with Crippen LogP contribution in [0, 0.1) is 24.0 Å². The molecule has 0 saturated carbocycles. The van der Waals surface area contributed by atoms with Crippen LogP contribution in [0.25, 0.3) is 0 Å². The zero-order valence-corrected chi connectivity index (χ0v) is 15.1. The van der Waals surface area contributed by atoms with Gasteiger partial charge in [-0.05, 0) is 32.4 Å². The minimum Gasteiger partial charge on any atom is -0.307 e. The lowest BCUT2D eigenvalue weighted by atomic mass is 10.1. The van der Waals surface area contributed by atoms with Gasteiger partial charge in [0.2, 0.25) is 0 Å². The van der Waals surface area contributed by atoms with Crippen molar-refractivity contribution in [3.8, 4) is 0 Å². The summed E-state index contributed by atoms with van der Waals surface area (Å²) in [5.41, 5.74) is 1.26. The van der Waals surface area contributed by atoms with Gasteiger partial charge in [0.25, 0.3) is 11.6 Å². The van der Waals surface area contributed by atoms with Crippen molar-refractivity contribution >= 4 is 27.2 Å². The first-order chi connectivity index (χ1) is 12.2. The van der Waals surface area contributed by atoms with Crippen LogP contribution >= 0.6 is 0 Å². The number of carbonyl (C=O) groups is 1. The fraction of sp³-hybridized carbons (Fsp3) is 0.375. The highest BCUT2D eigenvalue weighted by atomic mass is 32.2. The van der Waals surface area contributed by atoms with E-state index in [1.807, 2.05) is 0 Å². The summed E-state index contributed by atoms with van der Waals surface area (Å²) in [6.07, 6.45) is 0.447. The number of nitro benzene ring substituents is 1. The van der Waals surface area contributed by atoms with Gasteiger partial charge in [0.1, 0.15) is 5.82 Å². The minimum atomic E-state index is -3.09. The Morgan fingerprint density at radius 3 is 2.65 bits per heavy atom. The van der Waals surface area contributed by atoms with Crippen LogP contribution in [0.15, 0.2) is 24.3 Å². The lowest BCUT2D eigenvalue weighted by molar-refractivity contribution is -0.385. The van der Waals surface area contributed by atoms with E-state index in [0.717, 1.165) is 0 Å². The van der Waals surface area contributed by atoms with Gasteiger partial charge in [0.05, 0.1) is 28.2 Å². The molecule has 1 atom stereocenters. The molecule has 1 aromatic heterocycles. The second kappa shape index (κ2) is 6.52. The number of sulfone groups is 1. The standard InChI is InChI=1S/C16H18N4O5S/c1-10-7-12(3-4-14(10)20(22)23)16(21)17-15-8-11(2)18-19(15)13-5-6-26(24,25)9-13/h3-4,7-8,13H,5-6,9H2,1-2H3,(H,17,21). The van der Waals surface area contributed by atoms with Gasteiger partial charge in [0, 0.05) is 23.3 Å². The first-order valence-corrected chi connectivity index (χ1v) is 9.81. The largest absolute Gasteiger partial charge is 0.307 e. The fourth-order valence-corrected chi connectivity index (χ4v) is 4.74. The van der Waals surface area contributed by atoms with Crippen molar-refractivity contribution in [1.29, 1.82) is 0 Å². The number of amides is 1. The molecule has 3 rings (SSSR count). The first-order valence-electron chi connectivity index (χ1n) is 7.99. The monoisotopic (exact) mass is 378 g/mol. The molecule has 1 aromatic carbocycles. The van der Waals surface area contributed by atoms with Crippen molar-refractivity contribution in [2.75, 3.05) is 16.8 Å². The summed E-state index contributed by atoms with van der Waals surface area (Å²) in [6.45, 7) is 3.32. The Hall–Kier alpha value is -2.75. The number of nitro groups is 1. The molecule has 1 N–H and O–H groups in total. The molecule has 9 nitrogen and oxygen atoms in total. The predicted molar refractivity (Wildman–Crippen MR) is 95.1 cm³/mol. The molecular formula is C16H18N4O5S. The molecule has 26 heavy (non-hydrogen) atoms. The molecule has 138 valence electrons. The van der Waals surface area contributed by atoms with Crippen LogP contribution < -0.4 is 5.32 Å². The van der Waals surface area contributed by atoms with Gasteiger partial charge in [-0.1, -0.05) is 0 Å². The molecule has 0 radical (unpaired) electrons. The van der Waals surface area contributed by atoms with Gasteiger partial charge in [-0.25, -0.2) is 13.1 Å². The number of hydrogen-bond donors (Lipinski definition) is 1. The van der Waals surface area contributed by atoms with Crippen molar-refractivity contribution in [3.63, 3.8) is 0 Å². The number of anilines is 1. The fourth-order valence-electron chi connectivity index (χ4n) is 3.05. The summed E-state index contributed by atoms with van der Waals surface area (Å²) in [4.78, 5) is 22.9. The van der Waals surface area contributed by atoms with E-state index in [1.165, 1.54) is 22.9 Å². The van der Waals surface area contributed by atoms with Crippen molar-refractivity contribution in [2.24, 2.45) is 0 Å². The molecule has 2 aromatic rings. The second-order valence-corrected chi connectivity index (χ2v) is 8.61. The van der Waals surface area contributed by atoms with Gasteiger partial charge in [0.15, 0.2) is 9.84 Å². The maximum Gasteiger partial charge on any atom is 0.272 e. The van der Waals surface area contributed by atoms with Crippen molar-refractivity contribution in [1.82, 2.24) is 9.78 Å². The maximum absolute atomic E-state index is 12.5. The highest BCUT2D eigenvalue weighted by Crippen LogP contribution is 2.27. The molecule has 1 fully saturated rings. The van der Waals surface area contributed by atoms with Crippen LogP contribution in [0.4, 0.5) is 11.5 Å². The Morgan fingerprint density at radius 1 is 1.35 bits per heavy atom. The third-order valence-electron chi connectivity index (χ3n) is 4.31. The molecule has 1 aliphatic heterocycles. The van der Waals surface area contributed by atoms with E-state index in [2.05, 4.69) is 10.4 Å². The predicted octanol–water partition coefficient (Wildman–Crippen LogP) is 2.02. The Kier molecular flexibility index (Phi) is 4.53. The molecule has 1 amide bonds. The summed E-state index contributed by atoms with van der Waals surface area (Å²) >= 11 is 0. The third kappa shape index (κ3) is 3.59. The average molecular weight is 378 g/mol. The number of rotatable bonds is 4. The number of nitrogens with one attached hydrogen (secondary N) is 1. The summed E-state index contributed by atoms with van der Waals surface area (Å²) in [7, 11) is -3.09. The van der Waals surface area contributed by atoms with Crippen molar-refractivity contribution in [2.45, 2.75) is 26.3 Å². The SMILES string of the molecule is Cc1cc(NC(=O)c2ccc([N+](=O)[O-])c(C)c2)n(C2CCS(=O)(=O)C2)n1. The van der Waals surface area contributed by atoms with E-state index < -0.39 is 20.7 Å². The maximum atomic E-state index is 12.5. The van der Waals surface area contributed by atoms with Gasteiger partial charge in [-0.3, -0.25) is 14.9 Å². The van der Waals surface area contributed by atoms with E-state index in [-0.39, 0.29) is 28.8 Å². The molecular weight excluding hydrogens is 360 g/mol. The molecule has 0 spiro atoms. The normalized spacial score (nSPS) is 18.6. The molecule has 1 aliphatic rings. The Balaban J connectivity index is 1.84. The number of aromatic nitrogens is 2. The summed E-state index contributed by atoms with van der Waals surface area (Å²) < 4.78 is 25.0. The van der Waals surface area contributed by atoms with Gasteiger partial charge >= 0.3 is 0 Å². The number of nitrogens with zero attached hydrogens (tertiary/aromatic N) is 3. The first kappa shape index (κ1) is 18.1. The van der Waals surface area contributed by atoms with Crippen LogP contribution in [0.5, 0.6) is 0 Å². The van der Waals surface area contributed by atoms with Crippen molar-refractivity contribution in [3.05, 3.63) is 51.2 Å². The topological polar surface area (TPSA) is 124 Å². The summed E-state index contributed by atoms with van der Waals surface area (Å²) in [5, 5.41) is 17.9. The van der Waals surface area contributed by atoms with Crippen LogP contribution in [-0.2, 0) is 9.84 Å². The van der Waals surface area contributed by atoms with Crippen LogP contribution in [0.2, 0.25) is 0 Å². The van der Waals surface area contributed by atoms with E-state index >= 15 is 0 Å². The van der Waals surface area contributed by atoms with Crippen LogP contribution in [0.3, 0.4) is 0 Å². The van der Waals surface area contributed by atoms with Gasteiger partial charge < -0.3 is 5.32 Å². The third-order valence-corrected chi connectivity index (χ3v) is 6.06. The molecule has 1 saturated heterocycles. The number of carbonyl (C=O) groups excluding carboxylic acids is 1. The van der Waals surface area contributed by atoms with E-state index in [1.54, 1.807) is 19.9 Å². The van der Waals surface area contributed by atoms with Gasteiger partial charge in [-0.15, -0.1) is 0 Å². The molecule has 10 heteroatoms. The summed E-state index contributed by atoms with van der Waals surface area (Å²) in [6, 6.07) is 5.47. The van der Waals surface area contributed by atoms with Crippen molar-refractivity contribution < 1.29 is 18.1 Å². The molecule has 0 bridgehead atoms. The Labute approximate surface area is 150 Å². The zero-order chi connectivity index (χ0) is 19.1. The van der Waals surface area contributed by atoms with Crippen LogP contribution in [-0.4, -0.2) is 40.5 Å². The lowest BCUT2D eigenvalue weighted by Crippen LogP contribution is -2.19. The van der Waals surface area contributed by atoms with Crippen LogP contribution in [0.1, 0.15) is 34.1 Å². The number of hydrogen-bond acceptors (Lipinski definition) is 6. The summed E-state index contributed by atoms with van der Waals surface area (Å²) in [5.74, 6) is 0.0645. The van der Waals surface area contributed by atoms with Gasteiger partial charge in [-0.2, -0.15) is 5.10 Å². The smallest absolute Gasteiger partial charge is 0.272 e. The Bertz CT molecular complexity index is 996. The lowest BCUT2D eigenvalue weighted by Gasteiger charge is -2.14. The number of benzene rings is 1. The highest BCUT2D eigenvalue weighted by molar-refractivity contribution is 7.91. The Morgan fingerprint density at radius 2 is 2.08 bits per heavy atom. The minimum absolute atomic E-state index is 0.00632. The molecule has 1 unspecified atom stereocenters. The molecule has 0 aliphatic carbocycles. The second-order valence-electron chi connectivity index (χ2n) is 6.38. The highest BCUT2D eigenvalue weighted by Gasteiger charge is 2.31. The quantitative estimate of drug-likeness (QED) is 0.641. The van der Waals surface area contributed by atoms with E-state index in [0.29, 0.717) is 23.5 Å².